The van der Waals surface area contributed by atoms with E-state index in [4.69, 9.17) is 16.2 Å². The third-order valence-corrected chi connectivity index (χ3v) is 3.84. The lowest BCUT2D eigenvalue weighted by Gasteiger charge is -2.11. The Morgan fingerprint density at radius 2 is 2.04 bits per heavy atom. The number of aliphatic hydroxyl groups excluding tert-OH is 1. The maximum atomic E-state index is 8.85. The number of pyridine rings is 3. The Morgan fingerprint density at radius 1 is 1.15 bits per heavy atom. The minimum absolute atomic E-state index is 0.0119. The van der Waals surface area contributed by atoms with E-state index in [2.05, 4.69) is 25.6 Å². The van der Waals surface area contributed by atoms with E-state index in [0.29, 0.717) is 35.9 Å². The van der Waals surface area contributed by atoms with Crippen LogP contribution in [0.5, 0.6) is 0 Å². The molecule has 0 aromatic carbocycles. The fourth-order valence-electron chi connectivity index (χ4n) is 2.48. The molecular formula is C19H21N7O. The van der Waals surface area contributed by atoms with Crippen LogP contribution in [0, 0.1) is 5.41 Å². The molecule has 27 heavy (non-hydrogen) atoms. The standard InChI is InChI=1S/C19H21N7O/c20-10-13(11-22-8-9-27)16-6-4-15(21)19(26-16)24-12-14-3-5-17-18(25-14)2-1-7-23-17/h1-7,10-11,20,22,27H,8-9,12,21H2,(H,24,26)/b13-11+,20-10?. The second-order valence-corrected chi connectivity index (χ2v) is 5.75. The normalized spacial score (nSPS) is 11.4. The van der Waals surface area contributed by atoms with Crippen LogP contribution < -0.4 is 16.4 Å². The van der Waals surface area contributed by atoms with Crippen LogP contribution in [-0.4, -0.2) is 39.4 Å². The van der Waals surface area contributed by atoms with Crippen LogP contribution in [0.2, 0.25) is 0 Å². The van der Waals surface area contributed by atoms with Crippen molar-refractivity contribution >= 4 is 34.3 Å². The van der Waals surface area contributed by atoms with Crippen LogP contribution in [0.15, 0.2) is 48.8 Å². The maximum absolute atomic E-state index is 8.85. The third kappa shape index (κ3) is 4.56. The van der Waals surface area contributed by atoms with E-state index in [0.717, 1.165) is 16.7 Å². The van der Waals surface area contributed by atoms with Gasteiger partial charge in [0.15, 0.2) is 0 Å². The first-order valence-corrected chi connectivity index (χ1v) is 8.47. The van der Waals surface area contributed by atoms with Gasteiger partial charge >= 0.3 is 0 Å². The first kappa shape index (κ1) is 18.3. The molecule has 138 valence electrons. The van der Waals surface area contributed by atoms with Gasteiger partial charge in [0, 0.05) is 30.7 Å². The summed E-state index contributed by atoms with van der Waals surface area (Å²) in [6.07, 6.45) is 4.58. The molecular weight excluding hydrogens is 342 g/mol. The first-order valence-electron chi connectivity index (χ1n) is 8.47. The van der Waals surface area contributed by atoms with E-state index >= 15 is 0 Å². The zero-order chi connectivity index (χ0) is 19.1. The van der Waals surface area contributed by atoms with Gasteiger partial charge in [-0.25, -0.2) is 9.97 Å². The highest BCUT2D eigenvalue weighted by molar-refractivity contribution is 6.07. The van der Waals surface area contributed by atoms with Crippen LogP contribution in [0.25, 0.3) is 16.6 Å². The second-order valence-electron chi connectivity index (χ2n) is 5.75. The molecule has 0 unspecified atom stereocenters. The van der Waals surface area contributed by atoms with Crippen LogP contribution in [0.1, 0.15) is 11.4 Å². The lowest BCUT2D eigenvalue weighted by molar-refractivity contribution is 0.298. The highest BCUT2D eigenvalue weighted by Gasteiger charge is 2.07. The fraction of sp³-hybridized carbons (Fsp3) is 0.158. The largest absolute Gasteiger partial charge is 0.396 e. The van der Waals surface area contributed by atoms with E-state index in [-0.39, 0.29) is 6.61 Å². The summed E-state index contributed by atoms with van der Waals surface area (Å²) in [6.45, 7) is 0.871. The van der Waals surface area contributed by atoms with Gasteiger partial charge in [-0.15, -0.1) is 0 Å². The quantitative estimate of drug-likeness (QED) is 0.304. The monoisotopic (exact) mass is 363 g/mol. The van der Waals surface area contributed by atoms with Crippen LogP contribution >= 0.6 is 0 Å². The number of aromatic nitrogens is 3. The molecule has 0 fully saturated rings. The molecule has 3 aromatic heterocycles. The van der Waals surface area contributed by atoms with Crippen LogP contribution in [0.4, 0.5) is 11.5 Å². The van der Waals surface area contributed by atoms with Crippen molar-refractivity contribution in [1.82, 2.24) is 20.3 Å². The molecule has 8 heteroatoms. The Balaban J connectivity index is 1.77. The summed E-state index contributed by atoms with van der Waals surface area (Å²) in [4.78, 5) is 13.3. The molecule has 0 aliphatic carbocycles. The van der Waals surface area contributed by atoms with Crippen molar-refractivity contribution in [3.05, 3.63) is 60.2 Å². The number of aliphatic hydroxyl groups is 1. The molecule has 0 saturated carbocycles. The number of nitrogen functional groups attached to an aromatic ring is 1. The predicted molar refractivity (Wildman–Crippen MR) is 107 cm³/mol. The van der Waals surface area contributed by atoms with Crippen molar-refractivity contribution in [2.45, 2.75) is 6.54 Å². The summed E-state index contributed by atoms with van der Waals surface area (Å²) in [7, 11) is 0. The number of anilines is 2. The van der Waals surface area contributed by atoms with E-state index in [1.165, 1.54) is 6.21 Å². The average molecular weight is 363 g/mol. The summed E-state index contributed by atoms with van der Waals surface area (Å²) >= 11 is 0. The maximum Gasteiger partial charge on any atom is 0.150 e. The topological polar surface area (TPSA) is 133 Å². The van der Waals surface area contributed by atoms with Crippen molar-refractivity contribution in [1.29, 1.82) is 5.41 Å². The van der Waals surface area contributed by atoms with Crippen LogP contribution in [-0.2, 0) is 6.54 Å². The van der Waals surface area contributed by atoms with Crippen molar-refractivity contribution in [2.75, 3.05) is 24.2 Å². The van der Waals surface area contributed by atoms with Gasteiger partial charge in [-0.05, 0) is 36.4 Å². The zero-order valence-corrected chi connectivity index (χ0v) is 14.7. The van der Waals surface area contributed by atoms with Crippen molar-refractivity contribution in [3.63, 3.8) is 0 Å². The van der Waals surface area contributed by atoms with E-state index in [1.54, 1.807) is 24.5 Å². The summed E-state index contributed by atoms with van der Waals surface area (Å²) in [5, 5.41) is 22.5. The highest BCUT2D eigenvalue weighted by atomic mass is 16.3. The van der Waals surface area contributed by atoms with Gasteiger partial charge in [0.1, 0.15) is 5.82 Å². The van der Waals surface area contributed by atoms with Gasteiger partial charge in [0.05, 0.1) is 41.3 Å². The molecule has 0 amide bonds. The van der Waals surface area contributed by atoms with E-state index in [1.807, 2.05) is 24.3 Å². The summed E-state index contributed by atoms with van der Waals surface area (Å²) in [5.41, 5.74) is 10.2. The molecule has 0 saturated heterocycles. The van der Waals surface area contributed by atoms with Crippen LogP contribution in [0.3, 0.4) is 0 Å². The number of hydrogen-bond acceptors (Lipinski definition) is 8. The molecule has 3 rings (SSSR count). The fourth-order valence-corrected chi connectivity index (χ4v) is 2.48. The average Bonchev–Trinajstić information content (AvgIpc) is 2.71. The smallest absolute Gasteiger partial charge is 0.150 e. The molecule has 3 aromatic rings. The molecule has 0 aliphatic heterocycles. The zero-order valence-electron chi connectivity index (χ0n) is 14.7. The number of fused-ring (bicyclic) bond motifs is 1. The van der Waals surface area contributed by atoms with Gasteiger partial charge in [0.25, 0.3) is 0 Å². The van der Waals surface area contributed by atoms with Gasteiger partial charge < -0.3 is 26.9 Å². The molecule has 0 spiro atoms. The predicted octanol–water partition coefficient (Wildman–Crippen LogP) is 1.79. The molecule has 0 atom stereocenters. The Morgan fingerprint density at radius 3 is 2.85 bits per heavy atom. The molecule has 3 heterocycles. The number of allylic oxidation sites excluding steroid dienone is 1. The summed E-state index contributed by atoms with van der Waals surface area (Å²) in [5.74, 6) is 0.524. The lowest BCUT2D eigenvalue weighted by atomic mass is 10.2. The van der Waals surface area contributed by atoms with E-state index < -0.39 is 0 Å². The van der Waals surface area contributed by atoms with E-state index in [9.17, 15) is 0 Å². The van der Waals surface area contributed by atoms with Gasteiger partial charge in [0.2, 0.25) is 0 Å². The first-order chi connectivity index (χ1) is 13.2. The third-order valence-electron chi connectivity index (χ3n) is 3.84. The highest BCUT2D eigenvalue weighted by Crippen LogP contribution is 2.20. The van der Waals surface area contributed by atoms with Crippen molar-refractivity contribution < 1.29 is 5.11 Å². The van der Waals surface area contributed by atoms with Gasteiger partial charge in [-0.3, -0.25) is 4.98 Å². The van der Waals surface area contributed by atoms with Crippen molar-refractivity contribution in [3.8, 4) is 0 Å². The minimum Gasteiger partial charge on any atom is -0.396 e. The molecule has 0 radical (unpaired) electrons. The molecule has 8 nitrogen and oxygen atoms in total. The van der Waals surface area contributed by atoms with Gasteiger partial charge in [-0.1, -0.05) is 0 Å². The lowest BCUT2D eigenvalue weighted by Crippen LogP contribution is -2.12. The second kappa shape index (κ2) is 8.72. The number of rotatable bonds is 8. The number of hydrogen-bond donors (Lipinski definition) is 5. The summed E-state index contributed by atoms with van der Waals surface area (Å²) in [6, 6.07) is 11.1. The van der Waals surface area contributed by atoms with Crippen molar-refractivity contribution in [2.24, 2.45) is 0 Å². The number of nitrogens with one attached hydrogen (secondary N) is 3. The molecule has 0 bridgehead atoms. The summed E-state index contributed by atoms with van der Waals surface area (Å²) < 4.78 is 0. The molecule has 0 aliphatic rings. The number of nitrogens with two attached hydrogens (primary N) is 1. The number of nitrogens with zero attached hydrogens (tertiary/aromatic N) is 3. The van der Waals surface area contributed by atoms with Gasteiger partial charge in [-0.2, -0.15) is 0 Å². The minimum atomic E-state index is 0.0119. The Bertz CT molecular complexity index is 971. The SMILES string of the molecule is N=C/C(=C\NCCO)c1ccc(N)c(NCc2ccc3ncccc3n2)n1. The molecule has 6 N–H and O–H groups in total. The Labute approximate surface area is 156 Å². The Hall–Kier alpha value is -3.52. The Kier molecular flexibility index (Phi) is 5.91.